The Hall–Kier alpha value is -1.68. The molecule has 0 saturated heterocycles. The van der Waals surface area contributed by atoms with E-state index < -0.39 is 0 Å². The van der Waals surface area contributed by atoms with Gasteiger partial charge in [0.15, 0.2) is 0 Å². The van der Waals surface area contributed by atoms with Crippen LogP contribution in [0.4, 0.5) is 0 Å². The summed E-state index contributed by atoms with van der Waals surface area (Å²) in [5, 5.41) is 7.59. The number of hydrogen-bond acceptors (Lipinski definition) is 3. The highest BCUT2D eigenvalue weighted by atomic mass is 15.3. The molecule has 1 aromatic heterocycles. The summed E-state index contributed by atoms with van der Waals surface area (Å²) in [5.41, 5.74) is 2.71. The van der Waals surface area contributed by atoms with Gasteiger partial charge in [0.2, 0.25) is 0 Å². The van der Waals surface area contributed by atoms with Gasteiger partial charge in [0.05, 0.1) is 6.54 Å². The van der Waals surface area contributed by atoms with Crippen molar-refractivity contribution in [3.8, 4) is 0 Å². The maximum absolute atomic E-state index is 4.15. The Morgan fingerprint density at radius 3 is 2.72 bits per heavy atom. The summed E-state index contributed by atoms with van der Waals surface area (Å²) in [4.78, 5) is 3.97. The Bertz CT molecular complexity index is 451. The second-order valence-corrected chi connectivity index (χ2v) is 4.36. The normalized spacial score (nSPS) is 10.7. The lowest BCUT2D eigenvalue weighted by Gasteiger charge is -2.09. The fourth-order valence-electron chi connectivity index (χ4n) is 1.97. The first-order valence-corrected chi connectivity index (χ1v) is 6.50. The van der Waals surface area contributed by atoms with E-state index in [0.717, 1.165) is 26.1 Å². The Balaban J connectivity index is 1.97. The van der Waals surface area contributed by atoms with E-state index in [4.69, 9.17) is 0 Å². The van der Waals surface area contributed by atoms with Crippen molar-refractivity contribution in [2.75, 3.05) is 13.1 Å². The molecule has 0 aliphatic carbocycles. The lowest BCUT2D eigenvalue weighted by atomic mass is 10.0. The third-order valence-corrected chi connectivity index (χ3v) is 2.92. The molecule has 1 N–H and O–H groups in total. The third kappa shape index (κ3) is 3.67. The Morgan fingerprint density at radius 2 is 2.00 bits per heavy atom. The number of hydrogen-bond donors (Lipinski definition) is 1. The fraction of sp³-hybridized carbons (Fsp3) is 0.429. The first-order chi connectivity index (χ1) is 8.90. The minimum absolute atomic E-state index is 0.796. The highest BCUT2D eigenvalue weighted by molar-refractivity contribution is 5.27. The van der Waals surface area contributed by atoms with Crippen LogP contribution in [0.25, 0.3) is 0 Å². The third-order valence-electron chi connectivity index (χ3n) is 2.92. The van der Waals surface area contributed by atoms with E-state index in [9.17, 15) is 0 Å². The molecule has 4 nitrogen and oxygen atoms in total. The number of rotatable bonds is 7. The van der Waals surface area contributed by atoms with Gasteiger partial charge in [-0.2, -0.15) is 5.10 Å². The average Bonchev–Trinajstić information content (AvgIpc) is 2.89. The molecule has 2 rings (SSSR count). The van der Waals surface area contributed by atoms with E-state index in [1.54, 1.807) is 12.7 Å². The lowest BCUT2D eigenvalue weighted by Crippen LogP contribution is -2.18. The van der Waals surface area contributed by atoms with Crippen molar-refractivity contribution in [2.45, 2.75) is 26.3 Å². The number of aromatic nitrogens is 3. The summed E-state index contributed by atoms with van der Waals surface area (Å²) in [5.74, 6) is 0. The molecule has 0 fully saturated rings. The Kier molecular flexibility index (Phi) is 4.90. The first-order valence-electron chi connectivity index (χ1n) is 6.50. The summed E-state index contributed by atoms with van der Waals surface area (Å²) in [6.45, 7) is 5.10. The van der Waals surface area contributed by atoms with E-state index in [1.165, 1.54) is 17.5 Å². The molecule has 0 unspecified atom stereocenters. The van der Waals surface area contributed by atoms with Crippen LogP contribution in [0.15, 0.2) is 36.9 Å². The van der Waals surface area contributed by atoms with Crippen LogP contribution in [0.3, 0.4) is 0 Å². The Morgan fingerprint density at radius 1 is 1.17 bits per heavy atom. The monoisotopic (exact) mass is 244 g/mol. The fourth-order valence-corrected chi connectivity index (χ4v) is 1.97. The molecule has 18 heavy (non-hydrogen) atoms. The van der Waals surface area contributed by atoms with Gasteiger partial charge in [-0.3, -0.25) is 0 Å². The van der Waals surface area contributed by atoms with Gasteiger partial charge in [-0.05, 0) is 37.1 Å². The van der Waals surface area contributed by atoms with Crippen LogP contribution >= 0.6 is 0 Å². The summed E-state index contributed by atoms with van der Waals surface area (Å²) in [7, 11) is 0. The largest absolute Gasteiger partial charge is 0.316 e. The van der Waals surface area contributed by atoms with Gasteiger partial charge >= 0.3 is 0 Å². The number of nitrogens with one attached hydrogen (secondary N) is 1. The molecule has 0 radical (unpaired) electrons. The molecular formula is C14H20N4. The molecule has 0 saturated carbocycles. The van der Waals surface area contributed by atoms with Crippen molar-refractivity contribution in [3.05, 3.63) is 48.0 Å². The maximum Gasteiger partial charge on any atom is 0.137 e. The van der Waals surface area contributed by atoms with E-state index in [2.05, 4.69) is 46.6 Å². The molecule has 96 valence electrons. The topological polar surface area (TPSA) is 42.7 Å². The van der Waals surface area contributed by atoms with Crippen LogP contribution < -0.4 is 5.32 Å². The van der Waals surface area contributed by atoms with Gasteiger partial charge in [0.1, 0.15) is 12.7 Å². The highest BCUT2D eigenvalue weighted by Gasteiger charge is 2.02. The quantitative estimate of drug-likeness (QED) is 0.756. The van der Waals surface area contributed by atoms with E-state index in [1.807, 2.05) is 4.68 Å². The molecule has 0 spiro atoms. The molecule has 1 aromatic carbocycles. The summed E-state index contributed by atoms with van der Waals surface area (Å²) in [6.07, 6.45) is 5.57. The predicted octanol–water partition coefficient (Wildman–Crippen LogP) is 1.87. The van der Waals surface area contributed by atoms with Crippen LogP contribution in [0.2, 0.25) is 0 Å². The molecule has 0 amide bonds. The van der Waals surface area contributed by atoms with Crippen LogP contribution in [0, 0.1) is 0 Å². The van der Waals surface area contributed by atoms with Crippen LogP contribution in [-0.2, 0) is 13.0 Å². The SMILES string of the molecule is CCCNCCc1ccccc1Cn1cncn1. The second-order valence-electron chi connectivity index (χ2n) is 4.36. The van der Waals surface area contributed by atoms with Gasteiger partial charge in [0, 0.05) is 0 Å². The van der Waals surface area contributed by atoms with Crippen LogP contribution in [-0.4, -0.2) is 27.9 Å². The van der Waals surface area contributed by atoms with Crippen molar-refractivity contribution in [2.24, 2.45) is 0 Å². The zero-order valence-corrected chi connectivity index (χ0v) is 10.8. The van der Waals surface area contributed by atoms with Crippen molar-refractivity contribution < 1.29 is 0 Å². The molecular weight excluding hydrogens is 224 g/mol. The Labute approximate surface area is 108 Å². The molecule has 1 heterocycles. The van der Waals surface area contributed by atoms with Crippen molar-refractivity contribution >= 4 is 0 Å². The zero-order valence-electron chi connectivity index (χ0n) is 10.8. The van der Waals surface area contributed by atoms with Gasteiger partial charge < -0.3 is 5.32 Å². The lowest BCUT2D eigenvalue weighted by molar-refractivity contribution is 0.654. The van der Waals surface area contributed by atoms with Gasteiger partial charge in [-0.1, -0.05) is 31.2 Å². The van der Waals surface area contributed by atoms with E-state index >= 15 is 0 Å². The number of nitrogens with zero attached hydrogens (tertiary/aromatic N) is 3. The first kappa shape index (κ1) is 12.8. The summed E-state index contributed by atoms with van der Waals surface area (Å²) >= 11 is 0. The summed E-state index contributed by atoms with van der Waals surface area (Å²) in [6, 6.07) is 8.53. The van der Waals surface area contributed by atoms with E-state index in [0.29, 0.717) is 0 Å². The minimum Gasteiger partial charge on any atom is -0.316 e. The highest BCUT2D eigenvalue weighted by Crippen LogP contribution is 2.10. The van der Waals surface area contributed by atoms with Gasteiger partial charge in [-0.15, -0.1) is 0 Å². The second kappa shape index (κ2) is 6.91. The minimum atomic E-state index is 0.796. The van der Waals surface area contributed by atoms with Gasteiger partial charge in [0.25, 0.3) is 0 Å². The molecule has 0 atom stereocenters. The van der Waals surface area contributed by atoms with Gasteiger partial charge in [-0.25, -0.2) is 9.67 Å². The van der Waals surface area contributed by atoms with Crippen molar-refractivity contribution in [1.29, 1.82) is 0 Å². The molecule has 0 aliphatic rings. The molecule has 0 aliphatic heterocycles. The average molecular weight is 244 g/mol. The molecule has 4 heteroatoms. The van der Waals surface area contributed by atoms with Crippen molar-refractivity contribution in [3.63, 3.8) is 0 Å². The predicted molar refractivity (Wildman–Crippen MR) is 72.4 cm³/mol. The maximum atomic E-state index is 4.15. The van der Waals surface area contributed by atoms with Crippen molar-refractivity contribution in [1.82, 2.24) is 20.1 Å². The summed E-state index contributed by atoms with van der Waals surface area (Å²) < 4.78 is 1.86. The zero-order chi connectivity index (χ0) is 12.6. The van der Waals surface area contributed by atoms with Crippen LogP contribution in [0.1, 0.15) is 24.5 Å². The van der Waals surface area contributed by atoms with E-state index in [-0.39, 0.29) is 0 Å². The number of benzene rings is 1. The smallest absolute Gasteiger partial charge is 0.137 e. The molecule has 0 bridgehead atoms. The van der Waals surface area contributed by atoms with Crippen LogP contribution in [0.5, 0.6) is 0 Å². The molecule has 2 aromatic rings. The standard InChI is InChI=1S/C14H20N4/c1-2-8-15-9-7-13-5-3-4-6-14(13)10-18-12-16-11-17-18/h3-6,11-12,15H,2,7-10H2,1H3.